The molecule has 84 valence electrons. The highest BCUT2D eigenvalue weighted by Crippen LogP contribution is 2.26. The van der Waals surface area contributed by atoms with E-state index in [9.17, 15) is 0 Å². The largest absolute Gasteiger partial charge is 0.356 e. The summed E-state index contributed by atoms with van der Waals surface area (Å²) in [5.74, 6) is 2.43. The Hall–Kier alpha value is -1.56. The van der Waals surface area contributed by atoms with E-state index in [0.29, 0.717) is 5.69 Å². The first kappa shape index (κ1) is 10.9. The van der Waals surface area contributed by atoms with E-state index in [1.165, 1.54) is 6.42 Å². The zero-order valence-electron chi connectivity index (χ0n) is 9.85. The molecule has 0 spiro atoms. The summed E-state index contributed by atoms with van der Waals surface area (Å²) in [6.07, 6.45) is 1.23. The van der Waals surface area contributed by atoms with Gasteiger partial charge in [0.05, 0.1) is 0 Å². The van der Waals surface area contributed by atoms with Crippen LogP contribution in [0.15, 0.2) is 18.2 Å². The van der Waals surface area contributed by atoms with Crippen LogP contribution in [-0.4, -0.2) is 18.1 Å². The summed E-state index contributed by atoms with van der Waals surface area (Å²) in [6.45, 7) is 6.67. The maximum Gasteiger partial charge on any atom is 0.142 e. The van der Waals surface area contributed by atoms with Gasteiger partial charge in [0, 0.05) is 13.1 Å². The third-order valence-electron chi connectivity index (χ3n) is 3.34. The molecule has 1 aromatic heterocycles. The Morgan fingerprint density at radius 2 is 2.31 bits per heavy atom. The van der Waals surface area contributed by atoms with Crippen LogP contribution in [0.1, 0.15) is 26.0 Å². The van der Waals surface area contributed by atoms with Gasteiger partial charge in [-0.15, -0.1) is 0 Å². The van der Waals surface area contributed by atoms with E-state index in [2.05, 4.69) is 29.8 Å². The molecule has 2 heterocycles. The van der Waals surface area contributed by atoms with E-state index in [4.69, 9.17) is 5.26 Å². The van der Waals surface area contributed by atoms with Gasteiger partial charge in [0.15, 0.2) is 0 Å². The number of hydrogen-bond donors (Lipinski definition) is 0. The van der Waals surface area contributed by atoms with Crippen molar-refractivity contribution in [1.82, 2.24) is 4.98 Å². The summed E-state index contributed by atoms with van der Waals surface area (Å²) >= 11 is 0. The van der Waals surface area contributed by atoms with Gasteiger partial charge in [-0.05, 0) is 30.4 Å². The average Bonchev–Trinajstić information content (AvgIpc) is 2.78. The summed E-state index contributed by atoms with van der Waals surface area (Å²) in [7, 11) is 0. The molecular weight excluding hydrogens is 198 g/mol. The van der Waals surface area contributed by atoms with Crippen LogP contribution in [-0.2, 0) is 0 Å². The van der Waals surface area contributed by atoms with Crippen LogP contribution in [0.2, 0.25) is 0 Å². The summed E-state index contributed by atoms with van der Waals surface area (Å²) in [5.41, 5.74) is 0.505. The van der Waals surface area contributed by atoms with Gasteiger partial charge >= 0.3 is 0 Å². The number of pyridine rings is 1. The second kappa shape index (κ2) is 4.52. The molecule has 16 heavy (non-hydrogen) atoms. The Morgan fingerprint density at radius 1 is 1.50 bits per heavy atom. The smallest absolute Gasteiger partial charge is 0.142 e. The molecule has 0 aliphatic carbocycles. The van der Waals surface area contributed by atoms with Crippen LogP contribution < -0.4 is 4.90 Å². The predicted molar refractivity (Wildman–Crippen MR) is 64.1 cm³/mol. The maximum absolute atomic E-state index is 8.81. The zero-order valence-corrected chi connectivity index (χ0v) is 9.85. The van der Waals surface area contributed by atoms with Crippen LogP contribution >= 0.6 is 0 Å². The summed E-state index contributed by atoms with van der Waals surface area (Å²) in [5, 5.41) is 8.81. The highest BCUT2D eigenvalue weighted by Gasteiger charge is 2.25. The molecular formula is C13H17N3. The first-order valence-electron chi connectivity index (χ1n) is 5.83. The molecule has 1 aliphatic rings. The van der Waals surface area contributed by atoms with Crippen molar-refractivity contribution in [2.75, 3.05) is 18.0 Å². The van der Waals surface area contributed by atoms with E-state index < -0.39 is 0 Å². The number of anilines is 1. The van der Waals surface area contributed by atoms with Gasteiger partial charge < -0.3 is 4.90 Å². The highest BCUT2D eigenvalue weighted by atomic mass is 15.2. The molecule has 3 nitrogen and oxygen atoms in total. The van der Waals surface area contributed by atoms with Crippen molar-refractivity contribution in [1.29, 1.82) is 5.26 Å². The molecule has 0 bridgehead atoms. The van der Waals surface area contributed by atoms with E-state index in [-0.39, 0.29) is 0 Å². The molecule has 0 aromatic carbocycles. The second-order valence-electron chi connectivity index (χ2n) is 4.73. The Kier molecular flexibility index (Phi) is 3.09. The second-order valence-corrected chi connectivity index (χ2v) is 4.73. The average molecular weight is 215 g/mol. The minimum absolute atomic E-state index is 0.505. The van der Waals surface area contributed by atoms with Gasteiger partial charge in [-0.2, -0.15) is 5.26 Å². The minimum Gasteiger partial charge on any atom is -0.356 e. The summed E-state index contributed by atoms with van der Waals surface area (Å²) in [6, 6.07) is 7.73. The molecule has 0 saturated carbocycles. The van der Waals surface area contributed by atoms with Crippen molar-refractivity contribution in [2.45, 2.75) is 20.3 Å². The van der Waals surface area contributed by atoms with E-state index >= 15 is 0 Å². The SMILES string of the molecule is CC(C)C1CCN(c2cccc(C#N)n2)C1. The van der Waals surface area contributed by atoms with Crippen molar-refractivity contribution in [2.24, 2.45) is 11.8 Å². The van der Waals surface area contributed by atoms with Crippen LogP contribution in [0, 0.1) is 23.2 Å². The van der Waals surface area contributed by atoms with Crippen molar-refractivity contribution >= 4 is 5.82 Å². The molecule has 3 heteroatoms. The predicted octanol–water partition coefficient (Wildman–Crippen LogP) is 2.44. The molecule has 1 fully saturated rings. The van der Waals surface area contributed by atoms with E-state index in [0.717, 1.165) is 30.7 Å². The third-order valence-corrected chi connectivity index (χ3v) is 3.34. The van der Waals surface area contributed by atoms with Gasteiger partial charge in [-0.3, -0.25) is 0 Å². The molecule has 1 aliphatic heterocycles. The lowest BCUT2D eigenvalue weighted by Crippen LogP contribution is -2.22. The molecule has 1 aromatic rings. The molecule has 1 unspecified atom stereocenters. The summed E-state index contributed by atoms with van der Waals surface area (Å²) < 4.78 is 0. The maximum atomic E-state index is 8.81. The van der Waals surface area contributed by atoms with Crippen LogP contribution in [0.5, 0.6) is 0 Å². The first-order chi connectivity index (χ1) is 7.70. The number of aromatic nitrogens is 1. The van der Waals surface area contributed by atoms with E-state index in [1.807, 2.05) is 12.1 Å². The number of rotatable bonds is 2. The molecule has 0 radical (unpaired) electrons. The molecule has 1 saturated heterocycles. The van der Waals surface area contributed by atoms with Crippen molar-refractivity contribution < 1.29 is 0 Å². The molecule has 1 atom stereocenters. The van der Waals surface area contributed by atoms with Crippen molar-refractivity contribution in [3.8, 4) is 6.07 Å². The Morgan fingerprint density at radius 3 is 2.94 bits per heavy atom. The van der Waals surface area contributed by atoms with Gasteiger partial charge in [0.1, 0.15) is 17.6 Å². The normalized spacial score (nSPS) is 20.1. The third kappa shape index (κ3) is 2.16. The summed E-state index contributed by atoms with van der Waals surface area (Å²) in [4.78, 5) is 6.62. The Bertz CT molecular complexity index is 406. The topological polar surface area (TPSA) is 39.9 Å². The van der Waals surface area contributed by atoms with Crippen LogP contribution in [0.25, 0.3) is 0 Å². The monoisotopic (exact) mass is 215 g/mol. The van der Waals surface area contributed by atoms with Gasteiger partial charge in [0.2, 0.25) is 0 Å². The zero-order chi connectivity index (χ0) is 11.5. The van der Waals surface area contributed by atoms with Crippen LogP contribution in [0.3, 0.4) is 0 Å². The van der Waals surface area contributed by atoms with Crippen LogP contribution in [0.4, 0.5) is 5.82 Å². The van der Waals surface area contributed by atoms with Gasteiger partial charge in [-0.25, -0.2) is 4.98 Å². The number of nitriles is 1. The lowest BCUT2D eigenvalue weighted by atomic mass is 9.95. The lowest BCUT2D eigenvalue weighted by Gasteiger charge is -2.18. The van der Waals surface area contributed by atoms with Crippen molar-refractivity contribution in [3.05, 3.63) is 23.9 Å². The first-order valence-corrected chi connectivity index (χ1v) is 5.83. The van der Waals surface area contributed by atoms with Crippen molar-refractivity contribution in [3.63, 3.8) is 0 Å². The fraction of sp³-hybridized carbons (Fsp3) is 0.538. The highest BCUT2D eigenvalue weighted by molar-refractivity contribution is 5.42. The number of hydrogen-bond acceptors (Lipinski definition) is 3. The van der Waals surface area contributed by atoms with Gasteiger partial charge in [0.25, 0.3) is 0 Å². The van der Waals surface area contributed by atoms with E-state index in [1.54, 1.807) is 6.07 Å². The molecule has 2 rings (SSSR count). The Balaban J connectivity index is 2.12. The minimum atomic E-state index is 0.505. The fourth-order valence-corrected chi connectivity index (χ4v) is 2.20. The standard InChI is InChI=1S/C13H17N3/c1-10(2)11-6-7-16(9-11)13-5-3-4-12(8-14)15-13/h3-5,10-11H,6-7,9H2,1-2H3. The quantitative estimate of drug-likeness (QED) is 0.760. The fourth-order valence-electron chi connectivity index (χ4n) is 2.20. The number of nitrogens with zero attached hydrogens (tertiary/aromatic N) is 3. The lowest BCUT2D eigenvalue weighted by molar-refractivity contribution is 0.422. The molecule has 0 amide bonds. The Labute approximate surface area is 96.7 Å². The van der Waals surface area contributed by atoms with Gasteiger partial charge in [-0.1, -0.05) is 19.9 Å². The molecule has 0 N–H and O–H groups in total.